The highest BCUT2D eigenvalue weighted by molar-refractivity contribution is 8.00. The van der Waals surface area contributed by atoms with Crippen molar-refractivity contribution in [2.45, 2.75) is 34.1 Å². The number of carbonyl (C=O) groups is 1. The molecule has 7 nitrogen and oxygen atoms in total. The highest BCUT2D eigenvalue weighted by Crippen LogP contribution is 2.36. The molecule has 0 saturated heterocycles. The van der Waals surface area contributed by atoms with E-state index in [-0.39, 0.29) is 12.7 Å². The van der Waals surface area contributed by atoms with Crippen molar-refractivity contribution >= 4 is 23.7 Å². The molecule has 0 atom stereocenters. The molecule has 2 N–H and O–H groups in total. The molecule has 2 aromatic heterocycles. The molecule has 0 radical (unpaired) electrons. The molecular weight excluding hydrogens is 438 g/mol. The average molecular weight is 470 g/mol. The Labute approximate surface area is 199 Å². The number of H-pyrrole nitrogens is 1. The Balaban J connectivity index is 0.00000149. The molecule has 1 amide bonds. The van der Waals surface area contributed by atoms with E-state index in [1.54, 1.807) is 11.8 Å². The summed E-state index contributed by atoms with van der Waals surface area (Å²) < 4.78 is 16.7. The molecular formula is C25H31N3O4S. The number of amides is 1. The number of aromatic amines is 1. The molecule has 1 aliphatic heterocycles. The third-order valence-electron chi connectivity index (χ3n) is 4.76. The van der Waals surface area contributed by atoms with Gasteiger partial charge in [0.1, 0.15) is 5.76 Å². The Kier molecular flexibility index (Phi) is 9.06. The van der Waals surface area contributed by atoms with Gasteiger partial charge in [-0.25, -0.2) is 4.98 Å². The van der Waals surface area contributed by atoms with E-state index in [2.05, 4.69) is 27.4 Å². The average Bonchev–Trinajstić information content (AvgIpc) is 3.55. The molecule has 176 valence electrons. The van der Waals surface area contributed by atoms with Crippen LogP contribution in [0.2, 0.25) is 0 Å². The number of aryl methyl sites for hydroxylation is 1. The smallest absolute Gasteiger partial charge is 0.231 e. The lowest BCUT2D eigenvalue weighted by molar-refractivity contribution is -0.118. The summed E-state index contributed by atoms with van der Waals surface area (Å²) in [5, 5.41) is 2.79. The van der Waals surface area contributed by atoms with Crippen molar-refractivity contribution in [1.29, 1.82) is 0 Å². The lowest BCUT2D eigenvalue weighted by Gasteiger charge is -1.99. The van der Waals surface area contributed by atoms with Crippen LogP contribution in [0.15, 0.2) is 40.8 Å². The second kappa shape index (κ2) is 12.2. The maximum atomic E-state index is 11.4. The fraction of sp³-hybridized carbons (Fsp3) is 0.360. The van der Waals surface area contributed by atoms with Gasteiger partial charge in [0.15, 0.2) is 11.5 Å². The van der Waals surface area contributed by atoms with Crippen LogP contribution in [0.4, 0.5) is 0 Å². The number of aromatic nitrogens is 2. The van der Waals surface area contributed by atoms with Crippen LogP contribution in [0.25, 0.3) is 17.5 Å². The van der Waals surface area contributed by atoms with Crippen LogP contribution in [-0.4, -0.2) is 40.7 Å². The largest absolute Gasteiger partial charge is 0.454 e. The van der Waals surface area contributed by atoms with Crippen LogP contribution in [0.1, 0.15) is 43.6 Å². The molecule has 0 aliphatic carbocycles. The van der Waals surface area contributed by atoms with E-state index in [4.69, 9.17) is 13.9 Å². The molecule has 33 heavy (non-hydrogen) atoms. The van der Waals surface area contributed by atoms with E-state index >= 15 is 0 Å². The molecule has 0 saturated carbocycles. The predicted octanol–water partition coefficient (Wildman–Crippen LogP) is 5.21. The summed E-state index contributed by atoms with van der Waals surface area (Å²) in [6, 6.07) is 9.77. The number of rotatable bonds is 9. The maximum absolute atomic E-state index is 11.4. The molecule has 8 heteroatoms. The Hall–Kier alpha value is -3.13. The number of thioether (sulfide) groups is 1. The quantitative estimate of drug-likeness (QED) is 0.419. The summed E-state index contributed by atoms with van der Waals surface area (Å²) in [6.45, 7) is 8.76. The number of ether oxygens (including phenoxy) is 2. The third kappa shape index (κ3) is 6.68. The Morgan fingerprint density at radius 1 is 1.21 bits per heavy atom. The lowest BCUT2D eigenvalue weighted by atomic mass is 10.2. The van der Waals surface area contributed by atoms with Gasteiger partial charge >= 0.3 is 0 Å². The fourth-order valence-corrected chi connectivity index (χ4v) is 3.87. The first-order valence-corrected chi connectivity index (χ1v) is 12.3. The van der Waals surface area contributed by atoms with Crippen LogP contribution in [0.5, 0.6) is 11.5 Å². The van der Waals surface area contributed by atoms with Gasteiger partial charge in [0, 0.05) is 35.7 Å². The van der Waals surface area contributed by atoms with Crippen molar-refractivity contribution in [2.75, 3.05) is 24.8 Å². The minimum absolute atomic E-state index is 0.0751. The van der Waals surface area contributed by atoms with Gasteiger partial charge < -0.3 is 24.2 Å². The zero-order valence-corrected chi connectivity index (χ0v) is 20.4. The molecule has 3 heterocycles. The Morgan fingerprint density at radius 2 is 2.03 bits per heavy atom. The molecule has 0 fully saturated rings. The normalized spacial score (nSPS) is 12.0. The van der Waals surface area contributed by atoms with Gasteiger partial charge in [-0.2, -0.15) is 0 Å². The van der Waals surface area contributed by atoms with E-state index in [1.165, 1.54) is 0 Å². The van der Waals surface area contributed by atoms with Gasteiger partial charge in [0.05, 0.1) is 11.4 Å². The minimum Gasteiger partial charge on any atom is -0.454 e. The number of hydrogen-bond acceptors (Lipinski definition) is 6. The molecule has 1 aromatic carbocycles. The van der Waals surface area contributed by atoms with E-state index in [0.717, 1.165) is 39.9 Å². The van der Waals surface area contributed by atoms with E-state index in [1.807, 2.05) is 58.0 Å². The van der Waals surface area contributed by atoms with Gasteiger partial charge in [-0.1, -0.05) is 19.9 Å². The number of carbonyl (C=O) groups excluding carboxylic acids is 1. The molecule has 0 bridgehead atoms. The highest BCUT2D eigenvalue weighted by atomic mass is 32.2. The second-order valence-corrected chi connectivity index (χ2v) is 8.11. The van der Waals surface area contributed by atoms with Crippen LogP contribution < -0.4 is 14.8 Å². The first-order valence-electron chi connectivity index (χ1n) is 11.2. The predicted molar refractivity (Wildman–Crippen MR) is 133 cm³/mol. The molecule has 3 aromatic rings. The molecule has 4 rings (SSSR count). The summed E-state index contributed by atoms with van der Waals surface area (Å²) in [4.78, 5) is 19.5. The Bertz CT molecular complexity index is 1090. The van der Waals surface area contributed by atoms with Crippen LogP contribution in [0.3, 0.4) is 0 Å². The number of oxazole rings is 1. The van der Waals surface area contributed by atoms with E-state index < -0.39 is 0 Å². The first-order chi connectivity index (χ1) is 16.1. The van der Waals surface area contributed by atoms with Crippen molar-refractivity contribution in [3.63, 3.8) is 0 Å². The number of fused-ring (bicyclic) bond motifs is 1. The monoisotopic (exact) mass is 469 g/mol. The van der Waals surface area contributed by atoms with Gasteiger partial charge in [-0.05, 0) is 50.3 Å². The van der Waals surface area contributed by atoms with Crippen molar-refractivity contribution in [1.82, 2.24) is 15.3 Å². The fourth-order valence-electron chi connectivity index (χ4n) is 3.23. The maximum Gasteiger partial charge on any atom is 0.231 e. The number of nitrogens with zero attached hydrogens (tertiary/aromatic N) is 1. The standard InChI is InChI=1S/C23H25N3O4S.C2H6/c1-3-24-22(27)13-31-10-4-5-17-7-8-18(25-17)12-19-15(2)30-23(26-19)16-6-9-20-21(11-16)29-14-28-20;1-2/h4-9,11,25H,3,10,12-14H2,1-2H3,(H,24,27);1-2H3/b5-4+;. The third-order valence-corrected chi connectivity index (χ3v) is 5.65. The first kappa shape index (κ1) is 24.5. The zero-order chi connectivity index (χ0) is 23.6. The van der Waals surface area contributed by atoms with Crippen molar-refractivity contribution in [2.24, 2.45) is 0 Å². The van der Waals surface area contributed by atoms with E-state index in [0.29, 0.717) is 30.4 Å². The summed E-state index contributed by atoms with van der Waals surface area (Å²) in [6.07, 6.45) is 4.74. The number of hydrogen-bond donors (Lipinski definition) is 2. The molecule has 0 unspecified atom stereocenters. The van der Waals surface area contributed by atoms with E-state index in [9.17, 15) is 4.79 Å². The number of nitrogens with one attached hydrogen (secondary N) is 2. The highest BCUT2D eigenvalue weighted by Gasteiger charge is 2.18. The lowest BCUT2D eigenvalue weighted by Crippen LogP contribution is -2.24. The summed E-state index contributed by atoms with van der Waals surface area (Å²) >= 11 is 1.59. The zero-order valence-electron chi connectivity index (χ0n) is 19.6. The van der Waals surface area contributed by atoms with Gasteiger partial charge in [0.2, 0.25) is 18.6 Å². The van der Waals surface area contributed by atoms with Crippen LogP contribution in [-0.2, 0) is 11.2 Å². The Morgan fingerprint density at radius 3 is 2.85 bits per heavy atom. The minimum atomic E-state index is 0.0751. The van der Waals surface area contributed by atoms with Gasteiger partial charge in [0.25, 0.3) is 0 Å². The van der Waals surface area contributed by atoms with Gasteiger partial charge in [-0.15, -0.1) is 11.8 Å². The van der Waals surface area contributed by atoms with Crippen molar-refractivity contribution in [3.8, 4) is 23.0 Å². The molecule has 1 aliphatic rings. The van der Waals surface area contributed by atoms with Crippen LogP contribution >= 0.6 is 11.8 Å². The van der Waals surface area contributed by atoms with Crippen molar-refractivity contribution in [3.05, 3.63) is 59.2 Å². The summed E-state index contributed by atoms with van der Waals surface area (Å²) in [7, 11) is 0. The number of benzene rings is 1. The SMILES string of the molecule is CC.CCNC(=O)CSC/C=C/c1ccc(Cc2nc(-c3ccc4c(c3)OCO4)oc2C)[nH]1. The summed E-state index contributed by atoms with van der Waals surface area (Å²) in [5.74, 6) is 4.15. The summed E-state index contributed by atoms with van der Waals surface area (Å²) in [5.41, 5.74) is 3.83. The van der Waals surface area contributed by atoms with Gasteiger partial charge in [-0.3, -0.25) is 4.79 Å². The topological polar surface area (TPSA) is 89.4 Å². The molecule has 0 spiro atoms. The van der Waals surface area contributed by atoms with Crippen LogP contribution in [0, 0.1) is 6.92 Å². The van der Waals surface area contributed by atoms with Crippen molar-refractivity contribution < 1.29 is 18.7 Å². The second-order valence-electron chi connectivity index (χ2n) is 7.08.